The molecule has 0 aromatic rings. The Bertz CT molecular complexity index is 90.7. The second kappa shape index (κ2) is 13.0. The Balaban J connectivity index is -0.000000720. The van der Waals surface area contributed by atoms with Crippen molar-refractivity contribution in [1.29, 1.82) is 0 Å². The van der Waals surface area contributed by atoms with E-state index >= 15 is 0 Å². The normalized spacial score (nSPS) is 10.4. The number of quaternary nitrogens is 1. The number of rotatable bonds is 8. The van der Waals surface area contributed by atoms with Gasteiger partial charge in [-0.3, -0.25) is 0 Å². The fraction of sp³-hybridized carbons (Fsp3) is 1.00. The Morgan fingerprint density at radius 2 is 0.800 bits per heavy atom. The second-order valence-electron chi connectivity index (χ2n) is 4.24. The van der Waals surface area contributed by atoms with Gasteiger partial charge >= 0.3 is 29.6 Å². The average molecular weight is 228 g/mol. The maximum atomic E-state index is 2.31. The fourth-order valence-electron chi connectivity index (χ4n) is 2.57. The first-order chi connectivity index (χ1) is 6.24. The summed E-state index contributed by atoms with van der Waals surface area (Å²) in [6.07, 6.45) is 5.33. The number of hydrogen-bond acceptors (Lipinski definition) is 0. The van der Waals surface area contributed by atoms with Crippen LogP contribution in [0.1, 0.15) is 53.4 Å². The molecule has 0 rings (SSSR count). The topological polar surface area (TPSA) is 31.5 Å². The predicted molar refractivity (Wildman–Crippen MR) is 71.7 cm³/mol. The first kappa shape index (κ1) is 21.2. The van der Waals surface area contributed by atoms with Crippen LogP contribution in [0.3, 0.4) is 0 Å². The standard InChI is InChI=1S/C12H28N.Na.H2O.H/c1-5-9-13(10-6-2,11-7-3)12-8-4;;;/h5-12H2,1-4H3;;1H2;/q+1;;;. The van der Waals surface area contributed by atoms with Crippen molar-refractivity contribution in [2.45, 2.75) is 53.4 Å². The monoisotopic (exact) mass is 228 g/mol. The van der Waals surface area contributed by atoms with Crippen molar-refractivity contribution in [1.82, 2.24) is 0 Å². The van der Waals surface area contributed by atoms with Gasteiger partial charge in [0.15, 0.2) is 0 Å². The van der Waals surface area contributed by atoms with Crippen molar-refractivity contribution in [3.8, 4) is 0 Å². The van der Waals surface area contributed by atoms with Crippen LogP contribution in [-0.4, -0.2) is 65.7 Å². The second-order valence-corrected chi connectivity index (χ2v) is 4.24. The van der Waals surface area contributed by atoms with Gasteiger partial charge in [-0.05, 0) is 25.7 Å². The Morgan fingerprint density at radius 1 is 0.600 bits per heavy atom. The molecule has 0 saturated carbocycles. The summed E-state index contributed by atoms with van der Waals surface area (Å²) in [5.41, 5.74) is 0. The van der Waals surface area contributed by atoms with Crippen LogP contribution in [0.15, 0.2) is 0 Å². The molecule has 0 radical (unpaired) electrons. The van der Waals surface area contributed by atoms with Crippen LogP contribution in [0.2, 0.25) is 0 Å². The molecule has 15 heavy (non-hydrogen) atoms. The van der Waals surface area contributed by atoms with Crippen molar-refractivity contribution in [3.05, 3.63) is 0 Å². The molecular formula is C12H31NNaO+. The van der Waals surface area contributed by atoms with E-state index in [-0.39, 0.29) is 35.0 Å². The van der Waals surface area contributed by atoms with Crippen LogP contribution >= 0.6 is 0 Å². The van der Waals surface area contributed by atoms with Crippen molar-refractivity contribution in [3.63, 3.8) is 0 Å². The summed E-state index contributed by atoms with van der Waals surface area (Å²) in [5.74, 6) is 0. The molecule has 2 N–H and O–H groups in total. The third kappa shape index (κ3) is 8.70. The fourth-order valence-corrected chi connectivity index (χ4v) is 2.57. The molecule has 0 bridgehead atoms. The molecule has 90 valence electrons. The SMILES string of the molecule is CCC[N+](CCC)(CCC)CCC.O.[NaH]. The zero-order chi connectivity index (χ0) is 10.2. The van der Waals surface area contributed by atoms with E-state index in [9.17, 15) is 0 Å². The van der Waals surface area contributed by atoms with Crippen molar-refractivity contribution >= 4 is 29.6 Å². The molecular weight excluding hydrogens is 197 g/mol. The van der Waals surface area contributed by atoms with E-state index in [1.165, 1.54) is 56.3 Å². The summed E-state index contributed by atoms with van der Waals surface area (Å²) in [4.78, 5) is 0. The molecule has 2 nitrogen and oxygen atoms in total. The van der Waals surface area contributed by atoms with Gasteiger partial charge in [0.25, 0.3) is 0 Å². The third-order valence-corrected chi connectivity index (χ3v) is 2.79. The first-order valence-electron chi connectivity index (χ1n) is 6.09. The van der Waals surface area contributed by atoms with E-state index < -0.39 is 0 Å². The van der Waals surface area contributed by atoms with Crippen molar-refractivity contribution < 1.29 is 9.96 Å². The number of nitrogens with zero attached hydrogens (tertiary/aromatic N) is 1. The molecule has 0 unspecified atom stereocenters. The van der Waals surface area contributed by atoms with Crippen LogP contribution in [0.25, 0.3) is 0 Å². The van der Waals surface area contributed by atoms with E-state index in [1.54, 1.807) is 0 Å². The minimum absolute atomic E-state index is 0. The quantitative estimate of drug-likeness (QED) is 0.449. The summed E-state index contributed by atoms with van der Waals surface area (Å²) in [6, 6.07) is 0. The Kier molecular flexibility index (Phi) is 18.4. The molecule has 0 fully saturated rings. The summed E-state index contributed by atoms with van der Waals surface area (Å²) in [5, 5.41) is 0. The molecule has 0 spiro atoms. The van der Waals surface area contributed by atoms with Crippen LogP contribution < -0.4 is 0 Å². The first-order valence-corrected chi connectivity index (χ1v) is 6.09. The summed E-state index contributed by atoms with van der Waals surface area (Å²) < 4.78 is 1.38. The minimum atomic E-state index is 0. The molecule has 0 aromatic carbocycles. The Morgan fingerprint density at radius 3 is 0.933 bits per heavy atom. The van der Waals surface area contributed by atoms with E-state index in [4.69, 9.17) is 0 Å². The molecule has 0 heterocycles. The average Bonchev–Trinajstić information content (AvgIpc) is 2.06. The summed E-state index contributed by atoms with van der Waals surface area (Å²) in [6.45, 7) is 14.8. The Hall–Kier alpha value is 0.920. The summed E-state index contributed by atoms with van der Waals surface area (Å²) in [7, 11) is 0. The maximum absolute atomic E-state index is 2.31. The zero-order valence-corrected chi connectivity index (χ0v) is 10.6. The Labute approximate surface area is 119 Å². The van der Waals surface area contributed by atoms with E-state index in [0.29, 0.717) is 0 Å². The van der Waals surface area contributed by atoms with Gasteiger partial charge in [-0.25, -0.2) is 0 Å². The van der Waals surface area contributed by atoms with Gasteiger partial charge in [0.2, 0.25) is 0 Å². The predicted octanol–water partition coefficient (Wildman–Crippen LogP) is 1.97. The van der Waals surface area contributed by atoms with E-state index in [2.05, 4.69) is 27.7 Å². The van der Waals surface area contributed by atoms with Gasteiger partial charge in [0, 0.05) is 0 Å². The summed E-state index contributed by atoms with van der Waals surface area (Å²) >= 11 is 0. The molecule has 0 aliphatic carbocycles. The van der Waals surface area contributed by atoms with Crippen LogP contribution in [0.4, 0.5) is 0 Å². The van der Waals surface area contributed by atoms with Gasteiger partial charge in [-0.2, -0.15) is 0 Å². The van der Waals surface area contributed by atoms with E-state index in [1.807, 2.05) is 0 Å². The molecule has 0 saturated heterocycles. The molecule has 0 aliphatic heterocycles. The number of hydrogen-bond donors (Lipinski definition) is 0. The van der Waals surface area contributed by atoms with Crippen molar-refractivity contribution in [2.75, 3.05) is 26.2 Å². The van der Waals surface area contributed by atoms with E-state index in [0.717, 1.165) is 0 Å². The molecule has 0 aromatic heterocycles. The van der Waals surface area contributed by atoms with Gasteiger partial charge in [-0.1, -0.05) is 27.7 Å². The third-order valence-electron chi connectivity index (χ3n) is 2.79. The molecule has 0 amide bonds. The van der Waals surface area contributed by atoms with Crippen LogP contribution in [0, 0.1) is 0 Å². The van der Waals surface area contributed by atoms with Crippen LogP contribution in [0.5, 0.6) is 0 Å². The molecule has 0 atom stereocenters. The van der Waals surface area contributed by atoms with Gasteiger partial charge in [0.1, 0.15) is 0 Å². The zero-order valence-electron chi connectivity index (χ0n) is 10.6. The van der Waals surface area contributed by atoms with Gasteiger partial charge < -0.3 is 9.96 Å². The van der Waals surface area contributed by atoms with Gasteiger partial charge in [-0.15, -0.1) is 0 Å². The van der Waals surface area contributed by atoms with Crippen LogP contribution in [-0.2, 0) is 0 Å². The van der Waals surface area contributed by atoms with Gasteiger partial charge in [0.05, 0.1) is 26.2 Å². The molecule has 3 heteroatoms. The molecule has 0 aliphatic rings. The van der Waals surface area contributed by atoms with Crippen molar-refractivity contribution in [2.24, 2.45) is 0 Å².